The molecule has 1 saturated heterocycles. The van der Waals surface area contributed by atoms with E-state index in [0.717, 1.165) is 31.5 Å². The Balaban J connectivity index is 1.71. The molecule has 0 radical (unpaired) electrons. The predicted molar refractivity (Wildman–Crippen MR) is 81.8 cm³/mol. The van der Waals surface area contributed by atoms with Gasteiger partial charge in [-0.2, -0.15) is 0 Å². The zero-order valence-electron chi connectivity index (χ0n) is 12.5. The van der Waals surface area contributed by atoms with Crippen LogP contribution < -0.4 is 10.6 Å². The molecule has 1 aliphatic rings. The van der Waals surface area contributed by atoms with Gasteiger partial charge in [0, 0.05) is 26.2 Å². The van der Waals surface area contributed by atoms with Crippen LogP contribution in [0.5, 0.6) is 0 Å². The minimum absolute atomic E-state index is 0.0431. The summed E-state index contributed by atoms with van der Waals surface area (Å²) < 4.78 is 0. The van der Waals surface area contributed by atoms with Crippen LogP contribution in [0, 0.1) is 0 Å². The fourth-order valence-corrected chi connectivity index (χ4v) is 2.58. The highest BCUT2D eigenvalue weighted by atomic mass is 16.2. The maximum atomic E-state index is 12.0. The molecule has 0 aromatic heterocycles. The first-order valence-corrected chi connectivity index (χ1v) is 7.43. The van der Waals surface area contributed by atoms with Gasteiger partial charge in [0.05, 0.1) is 13.0 Å². The van der Waals surface area contributed by atoms with Crippen LogP contribution in [-0.2, 0) is 16.0 Å². The molecule has 1 aliphatic heterocycles. The van der Waals surface area contributed by atoms with Gasteiger partial charge in [-0.25, -0.2) is 0 Å². The Morgan fingerprint density at radius 2 is 1.81 bits per heavy atom. The van der Waals surface area contributed by atoms with Crippen LogP contribution >= 0.6 is 0 Å². The molecule has 0 spiro atoms. The Kier molecular flexibility index (Phi) is 5.75. The van der Waals surface area contributed by atoms with Crippen LogP contribution in [0.1, 0.15) is 18.4 Å². The Morgan fingerprint density at radius 3 is 2.43 bits per heavy atom. The quantitative estimate of drug-likeness (QED) is 0.832. The number of hydrogen-bond donors (Lipinski definition) is 2. The number of likely N-dealkylation sites (N-methyl/N-ethyl adjacent to an activating group) is 1. The Labute approximate surface area is 125 Å². The summed E-state index contributed by atoms with van der Waals surface area (Å²) in [4.78, 5) is 25.4. The van der Waals surface area contributed by atoms with Crippen LogP contribution in [-0.4, -0.2) is 49.4 Å². The predicted octanol–water partition coefficient (Wildman–Crippen LogP) is 0.556. The van der Waals surface area contributed by atoms with E-state index in [-0.39, 0.29) is 17.9 Å². The van der Waals surface area contributed by atoms with Gasteiger partial charge in [-0.15, -0.1) is 0 Å². The molecule has 1 fully saturated rings. The van der Waals surface area contributed by atoms with Crippen molar-refractivity contribution in [1.29, 1.82) is 0 Å². The van der Waals surface area contributed by atoms with Gasteiger partial charge in [-0.1, -0.05) is 30.3 Å². The van der Waals surface area contributed by atoms with Crippen molar-refractivity contribution in [2.24, 2.45) is 0 Å². The molecule has 0 atom stereocenters. The molecule has 0 saturated carbocycles. The molecule has 21 heavy (non-hydrogen) atoms. The molecule has 5 heteroatoms. The van der Waals surface area contributed by atoms with E-state index in [9.17, 15) is 9.59 Å². The van der Waals surface area contributed by atoms with Gasteiger partial charge >= 0.3 is 0 Å². The third-order valence-corrected chi connectivity index (χ3v) is 3.81. The Morgan fingerprint density at radius 1 is 1.14 bits per heavy atom. The summed E-state index contributed by atoms with van der Waals surface area (Å²) in [5.74, 6) is 0.118. The average molecular weight is 289 g/mol. The molecule has 2 N–H and O–H groups in total. The summed E-state index contributed by atoms with van der Waals surface area (Å²) >= 11 is 0. The molecule has 5 nitrogen and oxygen atoms in total. The van der Waals surface area contributed by atoms with Gasteiger partial charge < -0.3 is 10.6 Å². The summed E-state index contributed by atoms with van der Waals surface area (Å²) in [6, 6.07) is 9.99. The lowest BCUT2D eigenvalue weighted by atomic mass is 10.0. The molecule has 114 valence electrons. The number of carbonyl (C=O) groups excluding carboxylic acids is 2. The standard InChI is InChI=1S/C16H23N3O2/c1-17-16(21)12-19-9-7-14(8-10-19)18-15(20)11-13-5-3-2-4-6-13/h2-6,14H,7-12H2,1H3,(H,17,21)(H,18,20). The van der Waals surface area contributed by atoms with E-state index in [1.165, 1.54) is 0 Å². The van der Waals surface area contributed by atoms with Crippen molar-refractivity contribution < 1.29 is 9.59 Å². The first-order valence-electron chi connectivity index (χ1n) is 7.43. The smallest absolute Gasteiger partial charge is 0.233 e. The van der Waals surface area contributed by atoms with Crippen molar-refractivity contribution >= 4 is 11.8 Å². The number of carbonyl (C=O) groups is 2. The number of hydrogen-bond acceptors (Lipinski definition) is 3. The number of likely N-dealkylation sites (tertiary alicyclic amines) is 1. The van der Waals surface area contributed by atoms with Gasteiger partial charge in [-0.3, -0.25) is 14.5 Å². The number of benzene rings is 1. The second-order valence-electron chi connectivity index (χ2n) is 5.45. The van der Waals surface area contributed by atoms with Crippen LogP contribution in [0.3, 0.4) is 0 Å². The second kappa shape index (κ2) is 7.78. The van der Waals surface area contributed by atoms with Gasteiger partial charge in [0.1, 0.15) is 0 Å². The van der Waals surface area contributed by atoms with Crippen molar-refractivity contribution in [3.63, 3.8) is 0 Å². The zero-order chi connectivity index (χ0) is 15.1. The zero-order valence-corrected chi connectivity index (χ0v) is 12.5. The highest BCUT2D eigenvalue weighted by Crippen LogP contribution is 2.10. The number of amides is 2. The van der Waals surface area contributed by atoms with Gasteiger partial charge in [0.2, 0.25) is 11.8 Å². The number of nitrogens with one attached hydrogen (secondary N) is 2. The maximum Gasteiger partial charge on any atom is 0.233 e. The molecule has 0 aliphatic carbocycles. The molecule has 0 unspecified atom stereocenters. The van der Waals surface area contributed by atoms with Crippen molar-refractivity contribution in [2.75, 3.05) is 26.7 Å². The molecule has 1 aromatic carbocycles. The third kappa shape index (κ3) is 5.19. The topological polar surface area (TPSA) is 61.4 Å². The molecule has 2 rings (SSSR count). The van der Waals surface area contributed by atoms with Gasteiger partial charge in [0.25, 0.3) is 0 Å². The van der Waals surface area contributed by atoms with E-state index in [0.29, 0.717) is 13.0 Å². The van der Waals surface area contributed by atoms with Crippen molar-refractivity contribution in [3.05, 3.63) is 35.9 Å². The number of nitrogens with zero attached hydrogens (tertiary/aromatic N) is 1. The molecule has 1 heterocycles. The first-order chi connectivity index (χ1) is 10.2. The van der Waals surface area contributed by atoms with E-state index < -0.39 is 0 Å². The summed E-state index contributed by atoms with van der Waals surface area (Å²) in [5, 5.41) is 5.72. The highest BCUT2D eigenvalue weighted by molar-refractivity contribution is 5.79. The number of rotatable bonds is 5. The van der Waals surface area contributed by atoms with Crippen LogP contribution in [0.4, 0.5) is 0 Å². The van der Waals surface area contributed by atoms with Crippen LogP contribution in [0.25, 0.3) is 0 Å². The van der Waals surface area contributed by atoms with E-state index in [2.05, 4.69) is 15.5 Å². The largest absolute Gasteiger partial charge is 0.358 e. The summed E-state index contributed by atoms with van der Waals surface area (Å²) in [5.41, 5.74) is 1.03. The molecule has 2 amide bonds. The SMILES string of the molecule is CNC(=O)CN1CCC(NC(=O)Cc2ccccc2)CC1. The Hall–Kier alpha value is -1.88. The maximum absolute atomic E-state index is 12.0. The van der Waals surface area contributed by atoms with Gasteiger partial charge in [-0.05, 0) is 18.4 Å². The fourth-order valence-electron chi connectivity index (χ4n) is 2.58. The third-order valence-electron chi connectivity index (χ3n) is 3.81. The van der Waals surface area contributed by atoms with E-state index in [1.54, 1.807) is 7.05 Å². The first kappa shape index (κ1) is 15.5. The van der Waals surface area contributed by atoms with E-state index in [4.69, 9.17) is 0 Å². The molecule has 1 aromatic rings. The minimum atomic E-state index is 0.0431. The summed E-state index contributed by atoms with van der Waals surface area (Å²) in [6.07, 6.45) is 2.23. The minimum Gasteiger partial charge on any atom is -0.358 e. The van der Waals surface area contributed by atoms with Crippen LogP contribution in [0.2, 0.25) is 0 Å². The van der Waals surface area contributed by atoms with E-state index >= 15 is 0 Å². The average Bonchev–Trinajstić information content (AvgIpc) is 2.50. The number of piperidine rings is 1. The molecular weight excluding hydrogens is 266 g/mol. The van der Waals surface area contributed by atoms with E-state index in [1.807, 2.05) is 30.3 Å². The van der Waals surface area contributed by atoms with Crippen molar-refractivity contribution in [1.82, 2.24) is 15.5 Å². The lowest BCUT2D eigenvalue weighted by molar-refractivity contribution is -0.123. The monoisotopic (exact) mass is 289 g/mol. The fraction of sp³-hybridized carbons (Fsp3) is 0.500. The highest BCUT2D eigenvalue weighted by Gasteiger charge is 2.21. The molecular formula is C16H23N3O2. The normalized spacial score (nSPS) is 16.4. The molecule has 0 bridgehead atoms. The summed E-state index contributed by atoms with van der Waals surface area (Å²) in [6.45, 7) is 2.15. The summed E-state index contributed by atoms with van der Waals surface area (Å²) in [7, 11) is 1.65. The second-order valence-corrected chi connectivity index (χ2v) is 5.45. The van der Waals surface area contributed by atoms with Gasteiger partial charge in [0.15, 0.2) is 0 Å². The van der Waals surface area contributed by atoms with Crippen molar-refractivity contribution in [3.8, 4) is 0 Å². The lowest BCUT2D eigenvalue weighted by Gasteiger charge is -2.31. The van der Waals surface area contributed by atoms with Crippen LogP contribution in [0.15, 0.2) is 30.3 Å². The lowest BCUT2D eigenvalue weighted by Crippen LogP contribution is -2.47. The Bertz CT molecular complexity index is 468. The van der Waals surface area contributed by atoms with Crippen molar-refractivity contribution in [2.45, 2.75) is 25.3 Å².